The van der Waals surface area contributed by atoms with Crippen molar-refractivity contribution < 1.29 is 17.9 Å². The number of nitrogens with one attached hydrogen (secondary N) is 1. The molecule has 2 atom stereocenters. The second kappa shape index (κ2) is 8.47. The Morgan fingerprint density at radius 2 is 2.03 bits per heavy atom. The topological polar surface area (TPSA) is 94.8 Å². The lowest BCUT2D eigenvalue weighted by atomic mass is 10.2. The molecule has 1 aromatic carbocycles. The van der Waals surface area contributed by atoms with Crippen LogP contribution in [0.25, 0.3) is 11.0 Å². The molecular formula is C22H23ClN4O4S. The molecule has 8 nitrogen and oxygen atoms in total. The van der Waals surface area contributed by atoms with Gasteiger partial charge in [0, 0.05) is 18.2 Å². The summed E-state index contributed by atoms with van der Waals surface area (Å²) in [6, 6.07) is 10.2. The van der Waals surface area contributed by atoms with Crippen molar-refractivity contribution in [3.8, 4) is 0 Å². The first kappa shape index (κ1) is 21.4. The van der Waals surface area contributed by atoms with Gasteiger partial charge in [0.15, 0.2) is 6.29 Å². The summed E-state index contributed by atoms with van der Waals surface area (Å²) in [5, 5.41) is 1.22. The number of fused-ring (bicyclic) bond motifs is 3. The van der Waals surface area contributed by atoms with Crippen LogP contribution in [0.3, 0.4) is 0 Å². The monoisotopic (exact) mass is 474 g/mol. The number of halogens is 1. The van der Waals surface area contributed by atoms with Crippen molar-refractivity contribution in [2.24, 2.45) is 4.99 Å². The van der Waals surface area contributed by atoms with E-state index >= 15 is 0 Å². The Bertz CT molecular complexity index is 1280. The molecule has 5 rings (SSSR count). The van der Waals surface area contributed by atoms with Gasteiger partial charge in [-0.3, -0.25) is 4.57 Å². The van der Waals surface area contributed by atoms with Gasteiger partial charge in [0.25, 0.3) is 10.0 Å². The molecular weight excluding hydrogens is 452 g/mol. The van der Waals surface area contributed by atoms with Crippen LogP contribution in [0, 0.1) is 6.92 Å². The molecule has 0 amide bonds. The van der Waals surface area contributed by atoms with E-state index in [9.17, 15) is 8.42 Å². The molecule has 0 radical (unpaired) electrons. The highest BCUT2D eigenvalue weighted by Crippen LogP contribution is 2.34. The predicted octanol–water partition coefficient (Wildman–Crippen LogP) is 3.78. The lowest BCUT2D eigenvalue weighted by molar-refractivity contribution is -0.189. The van der Waals surface area contributed by atoms with Gasteiger partial charge < -0.3 is 9.47 Å². The van der Waals surface area contributed by atoms with Crippen molar-refractivity contribution in [3.63, 3.8) is 0 Å². The van der Waals surface area contributed by atoms with E-state index in [1.54, 1.807) is 41.1 Å². The first-order valence-corrected chi connectivity index (χ1v) is 12.4. The zero-order chi connectivity index (χ0) is 22.3. The van der Waals surface area contributed by atoms with Crippen molar-refractivity contribution in [3.05, 3.63) is 58.9 Å². The molecule has 1 saturated heterocycles. The Morgan fingerprint density at radius 1 is 1.22 bits per heavy atom. The van der Waals surface area contributed by atoms with Crippen LogP contribution in [0.1, 0.15) is 36.6 Å². The highest BCUT2D eigenvalue weighted by atomic mass is 35.5. The second-order valence-electron chi connectivity index (χ2n) is 7.94. The summed E-state index contributed by atoms with van der Waals surface area (Å²) in [6.45, 7) is 2.82. The number of aliphatic imine (C=N–C) groups is 1. The highest BCUT2D eigenvalue weighted by molar-refractivity contribution is 7.90. The van der Waals surface area contributed by atoms with E-state index in [0.717, 1.165) is 30.5 Å². The summed E-state index contributed by atoms with van der Waals surface area (Å²) in [5.41, 5.74) is 2.21. The maximum Gasteiger partial charge on any atom is 0.264 e. The number of hydrogen-bond donors (Lipinski definition) is 1. The second-order valence-corrected chi connectivity index (χ2v) is 10.0. The molecule has 2 aliphatic rings. The summed E-state index contributed by atoms with van der Waals surface area (Å²) < 4.78 is 42.3. The number of nitrogens with zero attached hydrogens (tertiary/aromatic N) is 3. The van der Waals surface area contributed by atoms with Gasteiger partial charge in [0.2, 0.25) is 5.96 Å². The number of sulfonamides is 1. The molecule has 168 valence electrons. The van der Waals surface area contributed by atoms with Crippen molar-refractivity contribution in [2.45, 2.75) is 43.5 Å². The minimum absolute atomic E-state index is 0.156. The third kappa shape index (κ3) is 4.01. The van der Waals surface area contributed by atoms with Crippen LogP contribution >= 0.6 is 11.6 Å². The third-order valence-corrected chi connectivity index (χ3v) is 7.31. The van der Waals surface area contributed by atoms with Gasteiger partial charge in [0.1, 0.15) is 11.8 Å². The smallest absolute Gasteiger partial charge is 0.264 e. The molecule has 0 saturated carbocycles. The number of rotatable bonds is 4. The fourth-order valence-corrected chi connectivity index (χ4v) is 5.17. The van der Waals surface area contributed by atoms with Crippen LogP contribution in [0.4, 0.5) is 0 Å². The van der Waals surface area contributed by atoms with Crippen molar-refractivity contribution in [2.75, 3.05) is 13.2 Å². The molecule has 10 heteroatoms. The SMILES string of the molecule is Cc1ccc(S(=O)(=O)NC2=NCC(OC3CCCCO3)c3cc4c(Cl)ccnc4n32)cc1. The van der Waals surface area contributed by atoms with Crippen molar-refractivity contribution in [1.29, 1.82) is 0 Å². The Labute approximate surface area is 191 Å². The fourth-order valence-electron chi connectivity index (χ4n) is 3.97. The van der Waals surface area contributed by atoms with E-state index in [1.165, 1.54) is 0 Å². The zero-order valence-corrected chi connectivity index (χ0v) is 19.1. The molecule has 3 aromatic rings. The Morgan fingerprint density at radius 3 is 2.78 bits per heavy atom. The first-order chi connectivity index (χ1) is 15.4. The largest absolute Gasteiger partial charge is 0.353 e. The van der Waals surface area contributed by atoms with E-state index in [2.05, 4.69) is 14.7 Å². The molecule has 0 aliphatic carbocycles. The Balaban J connectivity index is 1.53. The summed E-state index contributed by atoms with van der Waals surface area (Å²) in [6.07, 6.45) is 3.73. The number of hydrogen-bond acceptors (Lipinski definition) is 6. The first-order valence-electron chi connectivity index (χ1n) is 10.5. The minimum Gasteiger partial charge on any atom is -0.353 e. The van der Waals surface area contributed by atoms with E-state index in [4.69, 9.17) is 21.1 Å². The number of benzene rings is 1. The molecule has 4 heterocycles. The summed E-state index contributed by atoms with van der Waals surface area (Å²) in [4.78, 5) is 9.12. The molecule has 0 bridgehead atoms. The van der Waals surface area contributed by atoms with Crippen LogP contribution in [-0.4, -0.2) is 43.4 Å². The van der Waals surface area contributed by atoms with Gasteiger partial charge in [-0.1, -0.05) is 29.3 Å². The normalized spacial score (nSPS) is 21.2. The van der Waals surface area contributed by atoms with Crippen molar-refractivity contribution >= 4 is 38.6 Å². The standard InChI is InChI=1S/C22H23ClN4O4S/c1-14-5-7-15(8-6-14)32(28,29)26-22-25-13-19(31-20-4-2-3-11-30-20)18-12-16-17(23)9-10-24-21(16)27(18)22/h5-10,12,19-20H,2-4,11,13H2,1H3,(H,25,26). The highest BCUT2D eigenvalue weighted by Gasteiger charge is 2.32. The van der Waals surface area contributed by atoms with Crippen molar-refractivity contribution in [1.82, 2.24) is 14.3 Å². The van der Waals surface area contributed by atoms with Crippen LogP contribution in [0.2, 0.25) is 5.02 Å². The molecule has 2 aromatic heterocycles. The van der Waals surface area contributed by atoms with Crippen LogP contribution in [0.15, 0.2) is 52.5 Å². The maximum atomic E-state index is 13.0. The lowest BCUT2D eigenvalue weighted by Crippen LogP contribution is -2.40. The number of aryl methyl sites for hydroxylation is 1. The fraction of sp³-hybridized carbons (Fsp3) is 0.364. The quantitative estimate of drug-likeness (QED) is 0.621. The average molecular weight is 475 g/mol. The molecule has 1 N–H and O–H groups in total. The van der Waals surface area contributed by atoms with E-state index in [1.807, 2.05) is 13.0 Å². The van der Waals surface area contributed by atoms with E-state index in [0.29, 0.717) is 22.7 Å². The summed E-state index contributed by atoms with van der Waals surface area (Å²) in [7, 11) is -3.85. The maximum absolute atomic E-state index is 13.0. The molecule has 1 fully saturated rings. The van der Waals surface area contributed by atoms with Gasteiger partial charge in [-0.25, -0.2) is 23.1 Å². The Kier molecular flexibility index (Phi) is 5.66. The van der Waals surface area contributed by atoms with E-state index < -0.39 is 16.1 Å². The van der Waals surface area contributed by atoms with Gasteiger partial charge in [0.05, 0.1) is 22.2 Å². The molecule has 2 unspecified atom stereocenters. The molecule has 32 heavy (non-hydrogen) atoms. The zero-order valence-electron chi connectivity index (χ0n) is 17.5. The average Bonchev–Trinajstić information content (AvgIpc) is 3.18. The minimum atomic E-state index is -3.85. The van der Waals surface area contributed by atoms with Gasteiger partial charge in [-0.15, -0.1) is 0 Å². The molecule has 0 spiro atoms. The van der Waals surface area contributed by atoms with Gasteiger partial charge in [-0.05, 0) is 50.5 Å². The number of pyridine rings is 1. The van der Waals surface area contributed by atoms with Gasteiger partial charge in [-0.2, -0.15) is 0 Å². The number of ether oxygens (including phenoxy) is 2. The van der Waals surface area contributed by atoms with Crippen LogP contribution in [-0.2, 0) is 19.5 Å². The molecule has 2 aliphatic heterocycles. The third-order valence-electron chi connectivity index (χ3n) is 5.64. The van der Waals surface area contributed by atoms with Crippen LogP contribution in [0.5, 0.6) is 0 Å². The van der Waals surface area contributed by atoms with E-state index in [-0.39, 0.29) is 23.7 Å². The predicted molar refractivity (Wildman–Crippen MR) is 121 cm³/mol. The Hall–Kier alpha value is -2.46. The number of aromatic nitrogens is 2. The lowest BCUT2D eigenvalue weighted by Gasteiger charge is -2.30. The van der Waals surface area contributed by atoms with Crippen LogP contribution < -0.4 is 4.72 Å². The summed E-state index contributed by atoms with van der Waals surface area (Å²) >= 11 is 6.41. The van der Waals surface area contributed by atoms with Gasteiger partial charge >= 0.3 is 0 Å². The summed E-state index contributed by atoms with van der Waals surface area (Å²) in [5.74, 6) is 0.162.